The quantitative estimate of drug-likeness (QED) is 0.731. The summed E-state index contributed by atoms with van der Waals surface area (Å²) in [5, 5.41) is 0. The van der Waals surface area contributed by atoms with Crippen molar-refractivity contribution in [3.8, 4) is 0 Å². The van der Waals surface area contributed by atoms with E-state index in [-0.39, 0.29) is 0 Å². The summed E-state index contributed by atoms with van der Waals surface area (Å²) in [5.41, 5.74) is 11.6. The van der Waals surface area contributed by atoms with Crippen molar-refractivity contribution < 1.29 is 0 Å². The Morgan fingerprint density at radius 2 is 2.19 bits per heavy atom. The molecule has 2 nitrogen and oxygen atoms in total. The number of nitrogens with two attached hydrogens (primary N) is 1. The number of hydrogen-bond donors (Lipinski definition) is 1. The van der Waals surface area contributed by atoms with Crippen molar-refractivity contribution in [3.63, 3.8) is 0 Å². The molecule has 0 spiro atoms. The van der Waals surface area contributed by atoms with Crippen LogP contribution in [0.3, 0.4) is 0 Å². The Kier molecular flexibility index (Phi) is 2.40. The lowest BCUT2D eigenvalue weighted by Gasteiger charge is -2.38. The topological polar surface area (TPSA) is 29.3 Å². The van der Waals surface area contributed by atoms with Gasteiger partial charge in [-0.3, -0.25) is 4.90 Å². The van der Waals surface area contributed by atoms with Gasteiger partial charge in [-0.15, -0.1) is 0 Å². The van der Waals surface area contributed by atoms with Gasteiger partial charge in [0.2, 0.25) is 0 Å². The van der Waals surface area contributed by atoms with Crippen molar-refractivity contribution in [2.45, 2.75) is 38.6 Å². The van der Waals surface area contributed by atoms with E-state index in [2.05, 4.69) is 24.0 Å². The van der Waals surface area contributed by atoms with Crippen LogP contribution in [-0.4, -0.2) is 18.0 Å². The molecule has 0 saturated carbocycles. The molecule has 0 bridgehead atoms. The van der Waals surface area contributed by atoms with E-state index < -0.39 is 0 Å². The predicted octanol–water partition coefficient (Wildman–Crippen LogP) is 2.52. The summed E-state index contributed by atoms with van der Waals surface area (Å²) in [7, 11) is 0. The summed E-state index contributed by atoms with van der Waals surface area (Å²) >= 11 is 0. The molecule has 1 atom stereocenters. The summed E-state index contributed by atoms with van der Waals surface area (Å²) in [6.07, 6.45) is 3.93. The standard InChI is InChI=1S/C14H20N2/c1-2-16-8-11-5-3-4-10-6-13(15)7-12(9-16)14(10)11/h6-7,11H,2-5,8-9,15H2,1H3/t11-/m0/s1. The van der Waals surface area contributed by atoms with Crippen LogP contribution in [0.2, 0.25) is 0 Å². The average Bonchev–Trinajstić information content (AvgIpc) is 2.28. The second-order valence-electron chi connectivity index (χ2n) is 5.17. The Labute approximate surface area is 97.4 Å². The predicted molar refractivity (Wildman–Crippen MR) is 67.5 cm³/mol. The summed E-state index contributed by atoms with van der Waals surface area (Å²) in [5.74, 6) is 0.771. The van der Waals surface area contributed by atoms with Gasteiger partial charge in [-0.2, -0.15) is 0 Å². The molecule has 2 heteroatoms. The number of rotatable bonds is 1. The van der Waals surface area contributed by atoms with Gasteiger partial charge in [0.15, 0.2) is 0 Å². The van der Waals surface area contributed by atoms with Gasteiger partial charge >= 0.3 is 0 Å². The first kappa shape index (κ1) is 10.2. The van der Waals surface area contributed by atoms with Crippen molar-refractivity contribution in [1.82, 2.24) is 4.90 Å². The largest absolute Gasteiger partial charge is 0.399 e. The Hall–Kier alpha value is -1.02. The van der Waals surface area contributed by atoms with E-state index in [1.54, 1.807) is 5.56 Å². The second kappa shape index (κ2) is 3.77. The first-order valence-electron chi connectivity index (χ1n) is 6.41. The number of likely N-dealkylation sites (N-methyl/N-ethyl adjacent to an activating group) is 1. The van der Waals surface area contributed by atoms with Crippen LogP contribution in [-0.2, 0) is 13.0 Å². The van der Waals surface area contributed by atoms with Gasteiger partial charge in [0.25, 0.3) is 0 Å². The number of aryl methyl sites for hydroxylation is 1. The maximum absolute atomic E-state index is 6.00. The van der Waals surface area contributed by atoms with E-state index in [0.29, 0.717) is 0 Å². The van der Waals surface area contributed by atoms with Crippen molar-refractivity contribution in [3.05, 3.63) is 28.8 Å². The van der Waals surface area contributed by atoms with Crippen LogP contribution in [0, 0.1) is 0 Å². The van der Waals surface area contributed by atoms with Crippen molar-refractivity contribution in [2.24, 2.45) is 0 Å². The molecule has 1 aromatic rings. The smallest absolute Gasteiger partial charge is 0.0320 e. The third-order valence-electron chi connectivity index (χ3n) is 4.10. The highest BCUT2D eigenvalue weighted by Gasteiger charge is 2.29. The average molecular weight is 216 g/mol. The normalized spacial score (nSPS) is 24.2. The Morgan fingerprint density at radius 1 is 1.38 bits per heavy atom. The van der Waals surface area contributed by atoms with Crippen molar-refractivity contribution in [2.75, 3.05) is 18.8 Å². The fourth-order valence-electron chi connectivity index (χ4n) is 3.39. The lowest BCUT2D eigenvalue weighted by atomic mass is 9.77. The maximum atomic E-state index is 6.00. The molecule has 1 aromatic carbocycles. The number of nitrogens with zero attached hydrogens (tertiary/aromatic N) is 1. The first-order chi connectivity index (χ1) is 7.78. The van der Waals surface area contributed by atoms with Gasteiger partial charge in [0.1, 0.15) is 0 Å². The number of nitrogen functional groups attached to an aromatic ring is 1. The van der Waals surface area contributed by atoms with Crippen LogP contribution in [0.4, 0.5) is 5.69 Å². The van der Waals surface area contributed by atoms with Crippen LogP contribution >= 0.6 is 0 Å². The minimum Gasteiger partial charge on any atom is -0.399 e. The fraction of sp³-hybridized carbons (Fsp3) is 0.571. The van der Waals surface area contributed by atoms with E-state index in [0.717, 1.165) is 24.7 Å². The molecule has 2 N–H and O–H groups in total. The zero-order chi connectivity index (χ0) is 11.1. The molecule has 3 rings (SSSR count). The van der Waals surface area contributed by atoms with Gasteiger partial charge in [0.05, 0.1) is 0 Å². The molecule has 0 amide bonds. The highest BCUT2D eigenvalue weighted by molar-refractivity contribution is 5.52. The third kappa shape index (κ3) is 1.52. The van der Waals surface area contributed by atoms with Crippen LogP contribution < -0.4 is 5.73 Å². The molecular weight excluding hydrogens is 196 g/mol. The van der Waals surface area contributed by atoms with E-state index in [9.17, 15) is 0 Å². The third-order valence-corrected chi connectivity index (χ3v) is 4.10. The fourth-order valence-corrected chi connectivity index (χ4v) is 3.39. The van der Waals surface area contributed by atoms with Gasteiger partial charge in [-0.25, -0.2) is 0 Å². The molecule has 1 aliphatic carbocycles. The van der Waals surface area contributed by atoms with E-state index >= 15 is 0 Å². The monoisotopic (exact) mass is 216 g/mol. The van der Waals surface area contributed by atoms with Crippen molar-refractivity contribution in [1.29, 1.82) is 0 Å². The highest BCUT2D eigenvalue weighted by atomic mass is 15.1. The molecule has 0 unspecified atom stereocenters. The molecule has 86 valence electrons. The summed E-state index contributed by atoms with van der Waals surface area (Å²) in [6, 6.07) is 4.39. The van der Waals surface area contributed by atoms with E-state index in [4.69, 9.17) is 5.73 Å². The zero-order valence-electron chi connectivity index (χ0n) is 10.00. The Morgan fingerprint density at radius 3 is 3.00 bits per heavy atom. The number of benzene rings is 1. The van der Waals surface area contributed by atoms with E-state index in [1.807, 2.05) is 0 Å². The molecule has 0 radical (unpaired) electrons. The Balaban J connectivity index is 2.09. The Bertz CT molecular complexity index is 411. The van der Waals surface area contributed by atoms with Crippen molar-refractivity contribution >= 4 is 5.69 Å². The maximum Gasteiger partial charge on any atom is 0.0320 e. The molecule has 0 fully saturated rings. The lowest BCUT2D eigenvalue weighted by molar-refractivity contribution is 0.231. The number of anilines is 1. The molecular formula is C14H20N2. The second-order valence-corrected chi connectivity index (χ2v) is 5.17. The SMILES string of the molecule is CCN1Cc2cc(N)cc3c2[C@@H](CCC3)C1. The first-order valence-corrected chi connectivity index (χ1v) is 6.41. The zero-order valence-corrected chi connectivity index (χ0v) is 10.00. The molecule has 0 aromatic heterocycles. The van der Waals surface area contributed by atoms with Gasteiger partial charge in [-0.05, 0) is 60.5 Å². The van der Waals surface area contributed by atoms with Crippen LogP contribution in [0.1, 0.15) is 42.4 Å². The molecule has 2 aliphatic rings. The lowest BCUT2D eigenvalue weighted by Crippen LogP contribution is -2.35. The van der Waals surface area contributed by atoms with Crippen LogP contribution in [0.5, 0.6) is 0 Å². The van der Waals surface area contributed by atoms with Crippen LogP contribution in [0.15, 0.2) is 12.1 Å². The highest BCUT2D eigenvalue weighted by Crippen LogP contribution is 2.39. The number of hydrogen-bond acceptors (Lipinski definition) is 2. The molecule has 1 heterocycles. The molecule has 0 saturated heterocycles. The molecule has 16 heavy (non-hydrogen) atoms. The van der Waals surface area contributed by atoms with Gasteiger partial charge in [-0.1, -0.05) is 6.92 Å². The molecule has 1 aliphatic heterocycles. The minimum absolute atomic E-state index is 0.771. The summed E-state index contributed by atoms with van der Waals surface area (Å²) in [6.45, 7) is 5.75. The van der Waals surface area contributed by atoms with E-state index in [1.165, 1.54) is 36.9 Å². The summed E-state index contributed by atoms with van der Waals surface area (Å²) < 4.78 is 0. The van der Waals surface area contributed by atoms with Gasteiger partial charge in [0, 0.05) is 18.8 Å². The van der Waals surface area contributed by atoms with Gasteiger partial charge < -0.3 is 5.73 Å². The minimum atomic E-state index is 0.771. The summed E-state index contributed by atoms with van der Waals surface area (Å²) in [4.78, 5) is 2.54. The van der Waals surface area contributed by atoms with Crippen LogP contribution in [0.25, 0.3) is 0 Å².